The van der Waals surface area contributed by atoms with E-state index in [1.807, 2.05) is 26.8 Å². The molecule has 0 spiro atoms. The van der Waals surface area contributed by atoms with Gasteiger partial charge in [-0.05, 0) is 39.3 Å². The molecule has 1 rings (SSSR count). The van der Waals surface area contributed by atoms with E-state index in [9.17, 15) is 0 Å². The number of aryl methyl sites for hydroxylation is 1. The van der Waals surface area contributed by atoms with Gasteiger partial charge < -0.3 is 14.8 Å². The molecule has 4 nitrogen and oxygen atoms in total. The Kier molecular flexibility index (Phi) is 7.45. The van der Waals surface area contributed by atoms with Crippen molar-refractivity contribution in [2.24, 2.45) is 0 Å². The lowest BCUT2D eigenvalue weighted by Gasteiger charge is -2.11. The van der Waals surface area contributed by atoms with Gasteiger partial charge in [0.2, 0.25) is 5.88 Å². The molecule has 0 amide bonds. The summed E-state index contributed by atoms with van der Waals surface area (Å²) in [6.45, 7) is 11.2. The molecule has 0 saturated heterocycles. The molecule has 1 aromatic heterocycles. The van der Waals surface area contributed by atoms with Gasteiger partial charge in [-0.15, -0.1) is 0 Å². The molecule has 4 heteroatoms. The van der Waals surface area contributed by atoms with Crippen LogP contribution in [0.25, 0.3) is 0 Å². The number of hydrogen-bond acceptors (Lipinski definition) is 4. The molecular formula is C15H26N2O2. The van der Waals surface area contributed by atoms with Crippen molar-refractivity contribution in [3.63, 3.8) is 0 Å². The van der Waals surface area contributed by atoms with Gasteiger partial charge in [-0.2, -0.15) is 0 Å². The molecule has 0 aliphatic heterocycles. The van der Waals surface area contributed by atoms with E-state index in [2.05, 4.69) is 23.3 Å². The maximum Gasteiger partial charge on any atom is 0.213 e. The molecule has 19 heavy (non-hydrogen) atoms. The van der Waals surface area contributed by atoms with Crippen molar-refractivity contribution in [1.29, 1.82) is 0 Å². The monoisotopic (exact) mass is 266 g/mol. The summed E-state index contributed by atoms with van der Waals surface area (Å²) in [5.74, 6) is 0.670. The third-order valence-corrected chi connectivity index (χ3v) is 2.70. The maximum absolute atomic E-state index is 5.56. The van der Waals surface area contributed by atoms with E-state index in [4.69, 9.17) is 9.47 Å². The van der Waals surface area contributed by atoms with Crippen molar-refractivity contribution in [1.82, 2.24) is 10.3 Å². The Labute approximate surface area is 116 Å². The van der Waals surface area contributed by atoms with Crippen LogP contribution in [0, 0.1) is 6.92 Å². The zero-order valence-electron chi connectivity index (χ0n) is 12.5. The highest BCUT2D eigenvalue weighted by molar-refractivity contribution is 5.24. The lowest BCUT2D eigenvalue weighted by Crippen LogP contribution is -2.15. The fourth-order valence-electron chi connectivity index (χ4n) is 1.66. The van der Waals surface area contributed by atoms with Gasteiger partial charge in [0.1, 0.15) is 6.61 Å². The third kappa shape index (κ3) is 6.55. The van der Waals surface area contributed by atoms with Crippen LogP contribution in [0.4, 0.5) is 0 Å². The lowest BCUT2D eigenvalue weighted by atomic mass is 10.2. The van der Waals surface area contributed by atoms with E-state index in [1.54, 1.807) is 0 Å². The summed E-state index contributed by atoms with van der Waals surface area (Å²) >= 11 is 0. The number of rotatable bonds is 9. The van der Waals surface area contributed by atoms with Gasteiger partial charge in [0.25, 0.3) is 0 Å². The summed E-state index contributed by atoms with van der Waals surface area (Å²) in [7, 11) is 0. The van der Waals surface area contributed by atoms with E-state index in [0.717, 1.165) is 25.2 Å². The average Bonchev–Trinajstić information content (AvgIpc) is 2.37. The smallest absolute Gasteiger partial charge is 0.213 e. The van der Waals surface area contributed by atoms with Crippen LogP contribution in [-0.2, 0) is 11.3 Å². The Balaban J connectivity index is 2.38. The van der Waals surface area contributed by atoms with Gasteiger partial charge in [0, 0.05) is 18.3 Å². The Morgan fingerprint density at radius 1 is 1.26 bits per heavy atom. The van der Waals surface area contributed by atoms with Gasteiger partial charge in [-0.1, -0.05) is 13.0 Å². The highest BCUT2D eigenvalue weighted by Gasteiger charge is 2.02. The molecule has 0 unspecified atom stereocenters. The van der Waals surface area contributed by atoms with Gasteiger partial charge in [0.05, 0.1) is 12.7 Å². The lowest BCUT2D eigenvalue weighted by molar-refractivity contribution is 0.0542. The van der Waals surface area contributed by atoms with Crippen molar-refractivity contribution in [3.8, 4) is 5.88 Å². The molecule has 0 radical (unpaired) electrons. The Morgan fingerprint density at radius 3 is 2.68 bits per heavy atom. The van der Waals surface area contributed by atoms with Gasteiger partial charge in [-0.25, -0.2) is 4.98 Å². The van der Waals surface area contributed by atoms with E-state index in [0.29, 0.717) is 19.1 Å². The summed E-state index contributed by atoms with van der Waals surface area (Å²) in [5, 5.41) is 3.38. The van der Waals surface area contributed by atoms with Gasteiger partial charge >= 0.3 is 0 Å². The SMILES string of the molecule is CCCNCc1ccc(OCCOC(C)C)nc1C. The number of pyridine rings is 1. The van der Waals surface area contributed by atoms with E-state index < -0.39 is 0 Å². The van der Waals surface area contributed by atoms with Gasteiger partial charge in [-0.3, -0.25) is 0 Å². The first-order valence-corrected chi connectivity index (χ1v) is 7.05. The molecule has 1 N–H and O–H groups in total. The first-order valence-electron chi connectivity index (χ1n) is 7.05. The molecule has 1 aromatic rings. The summed E-state index contributed by atoms with van der Waals surface area (Å²) in [6.07, 6.45) is 1.38. The van der Waals surface area contributed by atoms with Crippen LogP contribution in [-0.4, -0.2) is 30.8 Å². The molecule has 108 valence electrons. The summed E-state index contributed by atoms with van der Waals surface area (Å²) in [6, 6.07) is 4.00. The largest absolute Gasteiger partial charge is 0.475 e. The molecule has 0 saturated carbocycles. The molecule has 0 bridgehead atoms. The van der Waals surface area contributed by atoms with Crippen LogP contribution in [0.15, 0.2) is 12.1 Å². The molecule has 0 aliphatic rings. The van der Waals surface area contributed by atoms with Crippen LogP contribution < -0.4 is 10.1 Å². The minimum atomic E-state index is 0.241. The summed E-state index contributed by atoms with van der Waals surface area (Å²) < 4.78 is 11.0. The van der Waals surface area contributed by atoms with Crippen LogP contribution >= 0.6 is 0 Å². The van der Waals surface area contributed by atoms with Crippen molar-refractivity contribution in [3.05, 3.63) is 23.4 Å². The summed E-state index contributed by atoms with van der Waals surface area (Å²) in [4.78, 5) is 4.45. The average molecular weight is 266 g/mol. The standard InChI is InChI=1S/C15H26N2O2/c1-5-8-16-11-14-6-7-15(17-13(14)4)19-10-9-18-12(2)3/h6-7,12,16H,5,8-11H2,1-4H3. The van der Waals surface area contributed by atoms with Crippen LogP contribution in [0.2, 0.25) is 0 Å². The molecular weight excluding hydrogens is 240 g/mol. The normalized spacial score (nSPS) is 11.0. The van der Waals surface area contributed by atoms with Gasteiger partial charge in [0.15, 0.2) is 0 Å². The number of ether oxygens (including phenoxy) is 2. The predicted octanol–water partition coefficient (Wildman–Crippen LogP) is 2.69. The molecule has 1 heterocycles. The zero-order chi connectivity index (χ0) is 14.1. The Hall–Kier alpha value is -1.13. The predicted molar refractivity (Wildman–Crippen MR) is 77.6 cm³/mol. The summed E-state index contributed by atoms with van der Waals surface area (Å²) in [5.41, 5.74) is 2.24. The van der Waals surface area contributed by atoms with Crippen molar-refractivity contribution in [2.75, 3.05) is 19.8 Å². The Bertz CT molecular complexity index is 367. The highest BCUT2D eigenvalue weighted by atomic mass is 16.5. The van der Waals surface area contributed by atoms with Crippen molar-refractivity contribution in [2.45, 2.75) is 46.8 Å². The minimum Gasteiger partial charge on any atom is -0.475 e. The molecule has 0 fully saturated rings. The van der Waals surface area contributed by atoms with Crippen molar-refractivity contribution >= 4 is 0 Å². The molecule has 0 atom stereocenters. The fraction of sp³-hybridized carbons (Fsp3) is 0.667. The van der Waals surface area contributed by atoms with Crippen molar-refractivity contribution < 1.29 is 9.47 Å². The van der Waals surface area contributed by atoms with Crippen LogP contribution in [0.5, 0.6) is 5.88 Å². The molecule has 0 aromatic carbocycles. The quantitative estimate of drug-likeness (QED) is 0.698. The van der Waals surface area contributed by atoms with Crippen LogP contribution in [0.3, 0.4) is 0 Å². The highest BCUT2D eigenvalue weighted by Crippen LogP contribution is 2.12. The topological polar surface area (TPSA) is 43.4 Å². The zero-order valence-corrected chi connectivity index (χ0v) is 12.5. The van der Waals surface area contributed by atoms with E-state index in [1.165, 1.54) is 5.56 Å². The Morgan fingerprint density at radius 2 is 2.05 bits per heavy atom. The van der Waals surface area contributed by atoms with E-state index >= 15 is 0 Å². The van der Waals surface area contributed by atoms with Crippen LogP contribution in [0.1, 0.15) is 38.4 Å². The second kappa shape index (κ2) is 8.88. The number of hydrogen-bond donors (Lipinski definition) is 1. The first-order chi connectivity index (χ1) is 9.13. The first kappa shape index (κ1) is 15.9. The van der Waals surface area contributed by atoms with E-state index in [-0.39, 0.29) is 6.10 Å². The second-order valence-electron chi connectivity index (χ2n) is 4.84. The number of aromatic nitrogens is 1. The fourth-order valence-corrected chi connectivity index (χ4v) is 1.66. The number of nitrogens with zero attached hydrogens (tertiary/aromatic N) is 1. The third-order valence-electron chi connectivity index (χ3n) is 2.70. The molecule has 0 aliphatic carbocycles. The maximum atomic E-state index is 5.56. The minimum absolute atomic E-state index is 0.241. The number of nitrogens with one attached hydrogen (secondary N) is 1. The second-order valence-corrected chi connectivity index (χ2v) is 4.84.